The molecule has 0 saturated carbocycles. The van der Waals surface area contributed by atoms with Crippen LogP contribution in [0.25, 0.3) is 33.2 Å². The normalized spacial score (nSPS) is 12.8. The highest BCUT2D eigenvalue weighted by atomic mass is 16.1. The van der Waals surface area contributed by atoms with Crippen LogP contribution in [0.2, 0.25) is 0 Å². The molecule has 0 aliphatic carbocycles. The fourth-order valence-electron chi connectivity index (χ4n) is 3.58. The standard InChI is InChI=1S/C21H17N5O/c1-13(14-8-4-3-5-9-14)26-12-22-19-17(21(26)27)18-20(25(19)2)24-16-11-7-6-10-15(16)23-18/h3-13H,1-2H3. The van der Waals surface area contributed by atoms with Gasteiger partial charge in [-0.25, -0.2) is 15.0 Å². The van der Waals surface area contributed by atoms with Gasteiger partial charge in [0.2, 0.25) is 0 Å². The Morgan fingerprint density at radius 3 is 2.30 bits per heavy atom. The molecule has 5 rings (SSSR count). The fourth-order valence-corrected chi connectivity index (χ4v) is 3.58. The van der Waals surface area contributed by atoms with Gasteiger partial charge in [-0.2, -0.15) is 0 Å². The van der Waals surface area contributed by atoms with E-state index in [0.29, 0.717) is 22.2 Å². The summed E-state index contributed by atoms with van der Waals surface area (Å²) >= 11 is 0. The van der Waals surface area contributed by atoms with Crippen molar-refractivity contribution in [2.75, 3.05) is 0 Å². The summed E-state index contributed by atoms with van der Waals surface area (Å²) < 4.78 is 3.50. The van der Waals surface area contributed by atoms with E-state index in [2.05, 4.69) is 4.98 Å². The Bertz CT molecular complexity index is 1370. The second-order valence-electron chi connectivity index (χ2n) is 6.69. The Hall–Kier alpha value is -3.54. The number of para-hydroxylation sites is 2. The monoisotopic (exact) mass is 355 g/mol. The Kier molecular flexibility index (Phi) is 3.33. The molecule has 0 aliphatic rings. The minimum atomic E-state index is -0.126. The van der Waals surface area contributed by atoms with Crippen molar-refractivity contribution in [3.05, 3.63) is 76.8 Å². The van der Waals surface area contributed by atoms with E-state index in [1.807, 2.05) is 73.1 Å². The van der Waals surface area contributed by atoms with E-state index < -0.39 is 0 Å². The molecule has 0 bridgehead atoms. The first-order valence-corrected chi connectivity index (χ1v) is 8.82. The van der Waals surface area contributed by atoms with Gasteiger partial charge in [-0.15, -0.1) is 0 Å². The van der Waals surface area contributed by atoms with Gasteiger partial charge in [0.1, 0.15) is 17.2 Å². The van der Waals surface area contributed by atoms with Crippen LogP contribution in [0.3, 0.4) is 0 Å². The molecule has 27 heavy (non-hydrogen) atoms. The molecule has 0 saturated heterocycles. The predicted molar refractivity (Wildman–Crippen MR) is 106 cm³/mol. The number of hydrogen-bond donors (Lipinski definition) is 0. The Balaban J connectivity index is 1.84. The quantitative estimate of drug-likeness (QED) is 0.486. The average Bonchev–Trinajstić information content (AvgIpc) is 2.99. The SMILES string of the molecule is CC(c1ccccc1)n1cnc2c(c1=O)c1nc3ccccc3nc1n2C. The number of rotatable bonds is 2. The number of benzene rings is 2. The molecule has 3 heterocycles. The van der Waals surface area contributed by atoms with Crippen LogP contribution in [0, 0.1) is 0 Å². The molecule has 132 valence electrons. The maximum absolute atomic E-state index is 13.3. The lowest BCUT2D eigenvalue weighted by molar-refractivity contribution is 0.608. The molecule has 0 fully saturated rings. The van der Waals surface area contributed by atoms with E-state index >= 15 is 0 Å². The van der Waals surface area contributed by atoms with Crippen molar-refractivity contribution in [2.24, 2.45) is 7.05 Å². The van der Waals surface area contributed by atoms with E-state index in [1.165, 1.54) is 0 Å². The van der Waals surface area contributed by atoms with E-state index in [9.17, 15) is 4.79 Å². The zero-order valence-electron chi connectivity index (χ0n) is 15.0. The molecule has 0 spiro atoms. The van der Waals surface area contributed by atoms with Gasteiger partial charge in [0.25, 0.3) is 5.56 Å². The highest BCUT2D eigenvalue weighted by Crippen LogP contribution is 2.24. The summed E-state index contributed by atoms with van der Waals surface area (Å²) in [5.41, 5.74) is 4.37. The zero-order chi connectivity index (χ0) is 18.5. The van der Waals surface area contributed by atoms with Crippen molar-refractivity contribution in [2.45, 2.75) is 13.0 Å². The highest BCUT2D eigenvalue weighted by Gasteiger charge is 2.19. The van der Waals surface area contributed by atoms with Crippen molar-refractivity contribution >= 4 is 33.2 Å². The van der Waals surface area contributed by atoms with Crippen LogP contribution in [-0.2, 0) is 7.05 Å². The summed E-state index contributed by atoms with van der Waals surface area (Å²) in [5, 5.41) is 0.510. The van der Waals surface area contributed by atoms with Gasteiger partial charge in [0.15, 0.2) is 11.3 Å². The third kappa shape index (κ3) is 2.26. The van der Waals surface area contributed by atoms with Gasteiger partial charge in [-0.05, 0) is 24.6 Å². The Labute approximate surface area is 154 Å². The largest absolute Gasteiger partial charge is 0.312 e. The molecule has 1 atom stereocenters. The van der Waals surface area contributed by atoms with Gasteiger partial charge < -0.3 is 4.57 Å². The number of nitrogens with zero attached hydrogens (tertiary/aromatic N) is 5. The number of fused-ring (bicyclic) bond motifs is 4. The van der Waals surface area contributed by atoms with Crippen molar-refractivity contribution in [3.63, 3.8) is 0 Å². The smallest absolute Gasteiger partial charge is 0.265 e. The van der Waals surface area contributed by atoms with Gasteiger partial charge in [-0.3, -0.25) is 9.36 Å². The molecule has 1 unspecified atom stereocenters. The van der Waals surface area contributed by atoms with E-state index in [0.717, 1.165) is 16.6 Å². The van der Waals surface area contributed by atoms with Crippen molar-refractivity contribution in [1.82, 2.24) is 24.1 Å². The van der Waals surface area contributed by atoms with Crippen LogP contribution in [0.5, 0.6) is 0 Å². The minimum Gasteiger partial charge on any atom is -0.312 e. The molecular weight excluding hydrogens is 338 g/mol. The summed E-state index contributed by atoms with van der Waals surface area (Å²) in [6.45, 7) is 2.00. The minimum absolute atomic E-state index is 0.105. The van der Waals surface area contributed by atoms with Crippen molar-refractivity contribution < 1.29 is 0 Å². The number of aromatic nitrogens is 5. The van der Waals surface area contributed by atoms with Crippen LogP contribution >= 0.6 is 0 Å². The number of aryl methyl sites for hydroxylation is 1. The lowest BCUT2D eigenvalue weighted by Gasteiger charge is -2.15. The lowest BCUT2D eigenvalue weighted by atomic mass is 10.1. The molecular formula is C21H17N5O. The maximum Gasteiger partial charge on any atom is 0.265 e. The second-order valence-corrected chi connectivity index (χ2v) is 6.69. The predicted octanol–water partition coefficient (Wildman–Crippen LogP) is 3.44. The molecule has 0 amide bonds. The summed E-state index contributed by atoms with van der Waals surface area (Å²) in [7, 11) is 1.87. The summed E-state index contributed by atoms with van der Waals surface area (Å²) in [6.07, 6.45) is 1.61. The maximum atomic E-state index is 13.3. The third-order valence-electron chi connectivity index (χ3n) is 5.10. The molecule has 0 N–H and O–H groups in total. The fraction of sp³-hybridized carbons (Fsp3) is 0.143. The molecule has 2 aromatic carbocycles. The van der Waals surface area contributed by atoms with Crippen molar-refractivity contribution in [3.8, 4) is 0 Å². The first-order chi connectivity index (χ1) is 13.1. The van der Waals surface area contributed by atoms with Crippen LogP contribution in [-0.4, -0.2) is 24.1 Å². The molecule has 0 aliphatic heterocycles. The molecule has 0 radical (unpaired) electrons. The van der Waals surface area contributed by atoms with E-state index in [1.54, 1.807) is 10.9 Å². The van der Waals surface area contributed by atoms with Gasteiger partial charge in [-0.1, -0.05) is 42.5 Å². The second kappa shape index (κ2) is 5.74. The Morgan fingerprint density at radius 2 is 1.56 bits per heavy atom. The summed E-state index contributed by atoms with van der Waals surface area (Å²) in [4.78, 5) is 27.3. The average molecular weight is 355 g/mol. The topological polar surface area (TPSA) is 65.6 Å². The van der Waals surface area contributed by atoms with Crippen LogP contribution < -0.4 is 5.56 Å². The van der Waals surface area contributed by atoms with Gasteiger partial charge >= 0.3 is 0 Å². The molecule has 6 heteroatoms. The third-order valence-corrected chi connectivity index (χ3v) is 5.10. The van der Waals surface area contributed by atoms with Gasteiger partial charge in [0, 0.05) is 7.05 Å². The first kappa shape index (κ1) is 15.7. The molecule has 6 nitrogen and oxygen atoms in total. The number of hydrogen-bond acceptors (Lipinski definition) is 4. The van der Waals surface area contributed by atoms with Crippen molar-refractivity contribution in [1.29, 1.82) is 0 Å². The van der Waals surface area contributed by atoms with Gasteiger partial charge in [0.05, 0.1) is 17.1 Å². The van der Waals surface area contributed by atoms with E-state index in [4.69, 9.17) is 9.97 Å². The highest BCUT2D eigenvalue weighted by molar-refractivity contribution is 6.04. The first-order valence-electron chi connectivity index (χ1n) is 8.82. The lowest BCUT2D eigenvalue weighted by Crippen LogP contribution is -2.24. The van der Waals surface area contributed by atoms with Crippen LogP contribution in [0.4, 0.5) is 0 Å². The molecule has 3 aromatic heterocycles. The van der Waals surface area contributed by atoms with E-state index in [-0.39, 0.29) is 11.6 Å². The summed E-state index contributed by atoms with van der Waals surface area (Å²) in [6, 6.07) is 17.5. The Morgan fingerprint density at radius 1 is 0.889 bits per heavy atom. The zero-order valence-corrected chi connectivity index (χ0v) is 15.0. The van der Waals surface area contributed by atoms with Crippen LogP contribution in [0.15, 0.2) is 65.7 Å². The summed E-state index contributed by atoms with van der Waals surface area (Å²) in [5.74, 6) is 0. The molecule has 5 aromatic rings. The van der Waals surface area contributed by atoms with Crippen LogP contribution in [0.1, 0.15) is 18.5 Å².